The molecule has 0 radical (unpaired) electrons. The standard InChI is InChI=1S/C14H18ClN3O3/c15-12-3-2-10(8-11(12)14(20)21)17-13(19)9-18-6-1-4-16-5-7-18/h2-3,8,16H,1,4-7,9H2,(H,17,19)(H,20,21). The minimum Gasteiger partial charge on any atom is -0.478 e. The van der Waals surface area contributed by atoms with Crippen LogP contribution in [0.3, 0.4) is 0 Å². The monoisotopic (exact) mass is 311 g/mol. The number of aromatic carboxylic acids is 1. The summed E-state index contributed by atoms with van der Waals surface area (Å²) < 4.78 is 0. The zero-order chi connectivity index (χ0) is 15.2. The van der Waals surface area contributed by atoms with Crippen LogP contribution in [0.5, 0.6) is 0 Å². The third-order valence-corrected chi connectivity index (χ3v) is 3.61. The van der Waals surface area contributed by atoms with Crippen LogP contribution in [0.25, 0.3) is 0 Å². The van der Waals surface area contributed by atoms with Gasteiger partial charge in [-0.15, -0.1) is 0 Å². The summed E-state index contributed by atoms with van der Waals surface area (Å²) in [7, 11) is 0. The van der Waals surface area contributed by atoms with Gasteiger partial charge in [-0.05, 0) is 37.7 Å². The lowest BCUT2D eigenvalue weighted by molar-refractivity contribution is -0.117. The molecule has 1 aromatic rings. The molecule has 7 heteroatoms. The molecule has 1 fully saturated rings. The fourth-order valence-corrected chi connectivity index (χ4v) is 2.43. The molecule has 1 aromatic carbocycles. The van der Waals surface area contributed by atoms with Crippen LogP contribution in [0.1, 0.15) is 16.8 Å². The largest absolute Gasteiger partial charge is 0.478 e. The molecule has 0 aromatic heterocycles. The third kappa shape index (κ3) is 4.70. The zero-order valence-electron chi connectivity index (χ0n) is 11.6. The second kappa shape index (κ2) is 7.40. The summed E-state index contributed by atoms with van der Waals surface area (Å²) in [5, 5.41) is 15.1. The summed E-state index contributed by atoms with van der Waals surface area (Å²) in [6, 6.07) is 4.43. The number of anilines is 1. The van der Waals surface area contributed by atoms with E-state index in [2.05, 4.69) is 15.5 Å². The van der Waals surface area contributed by atoms with Crippen molar-refractivity contribution in [2.45, 2.75) is 6.42 Å². The first-order chi connectivity index (χ1) is 10.1. The smallest absolute Gasteiger partial charge is 0.337 e. The Bertz CT molecular complexity index is 528. The number of carboxylic acid groups (broad SMARTS) is 1. The van der Waals surface area contributed by atoms with E-state index in [-0.39, 0.29) is 16.5 Å². The van der Waals surface area contributed by atoms with E-state index in [0.717, 1.165) is 32.6 Å². The number of hydrogen-bond donors (Lipinski definition) is 3. The number of nitrogens with one attached hydrogen (secondary N) is 2. The first kappa shape index (κ1) is 15.8. The Morgan fingerprint density at radius 1 is 1.33 bits per heavy atom. The van der Waals surface area contributed by atoms with Gasteiger partial charge in [-0.2, -0.15) is 0 Å². The van der Waals surface area contributed by atoms with Crippen LogP contribution in [-0.4, -0.2) is 54.6 Å². The van der Waals surface area contributed by atoms with E-state index in [1.807, 2.05) is 0 Å². The van der Waals surface area contributed by atoms with E-state index in [4.69, 9.17) is 16.7 Å². The summed E-state index contributed by atoms with van der Waals surface area (Å²) >= 11 is 5.79. The molecule has 0 saturated carbocycles. The van der Waals surface area contributed by atoms with Gasteiger partial charge in [0.1, 0.15) is 0 Å². The summed E-state index contributed by atoms with van der Waals surface area (Å²) in [5.41, 5.74) is 0.420. The second-order valence-electron chi connectivity index (χ2n) is 4.93. The van der Waals surface area contributed by atoms with Gasteiger partial charge in [0.25, 0.3) is 0 Å². The Labute approximate surface area is 128 Å². The highest BCUT2D eigenvalue weighted by atomic mass is 35.5. The van der Waals surface area contributed by atoms with E-state index in [9.17, 15) is 9.59 Å². The van der Waals surface area contributed by atoms with Gasteiger partial charge in [0.2, 0.25) is 5.91 Å². The molecule has 114 valence electrons. The topological polar surface area (TPSA) is 81.7 Å². The molecule has 0 aliphatic carbocycles. The molecule has 3 N–H and O–H groups in total. The Hall–Kier alpha value is -1.63. The van der Waals surface area contributed by atoms with Gasteiger partial charge < -0.3 is 15.7 Å². The summed E-state index contributed by atoms with van der Waals surface area (Å²) in [6.07, 6.45) is 1.01. The number of carbonyl (C=O) groups is 2. The molecule has 0 unspecified atom stereocenters. The summed E-state index contributed by atoms with van der Waals surface area (Å²) in [5.74, 6) is -1.27. The molecule has 21 heavy (non-hydrogen) atoms. The average Bonchev–Trinajstić information content (AvgIpc) is 2.69. The van der Waals surface area contributed by atoms with Gasteiger partial charge in [0, 0.05) is 18.8 Å². The molecule has 0 bridgehead atoms. The number of benzene rings is 1. The van der Waals surface area contributed by atoms with Crippen LogP contribution < -0.4 is 10.6 Å². The predicted octanol–water partition coefficient (Wildman–Crippen LogP) is 1.27. The van der Waals surface area contributed by atoms with Gasteiger partial charge in [-0.1, -0.05) is 11.6 Å². The minimum absolute atomic E-state index is 0.0200. The minimum atomic E-state index is -1.12. The maximum absolute atomic E-state index is 12.0. The maximum atomic E-state index is 12.0. The van der Waals surface area contributed by atoms with Crippen molar-refractivity contribution in [3.05, 3.63) is 28.8 Å². The third-order valence-electron chi connectivity index (χ3n) is 3.28. The fourth-order valence-electron chi connectivity index (χ4n) is 2.23. The van der Waals surface area contributed by atoms with E-state index in [1.165, 1.54) is 12.1 Å². The van der Waals surface area contributed by atoms with E-state index < -0.39 is 5.97 Å². The SMILES string of the molecule is O=C(CN1CCCNCC1)Nc1ccc(Cl)c(C(=O)O)c1. The number of rotatable bonds is 4. The first-order valence-corrected chi connectivity index (χ1v) is 7.20. The molecule has 2 rings (SSSR count). The van der Waals surface area contributed by atoms with Crippen LogP contribution in [0.4, 0.5) is 5.69 Å². The Morgan fingerprint density at radius 3 is 2.90 bits per heavy atom. The molecule has 1 heterocycles. The molecular weight excluding hydrogens is 294 g/mol. The van der Waals surface area contributed by atoms with Crippen LogP contribution in [0.15, 0.2) is 18.2 Å². The Kier molecular flexibility index (Phi) is 5.55. The lowest BCUT2D eigenvalue weighted by atomic mass is 10.2. The Balaban J connectivity index is 1.95. The maximum Gasteiger partial charge on any atom is 0.337 e. The van der Waals surface area contributed by atoms with Gasteiger partial charge >= 0.3 is 5.97 Å². The molecule has 0 spiro atoms. The lowest BCUT2D eigenvalue weighted by Gasteiger charge is -2.18. The summed E-state index contributed by atoms with van der Waals surface area (Å²) in [6.45, 7) is 3.84. The molecule has 1 aliphatic rings. The predicted molar refractivity (Wildman–Crippen MR) is 81.0 cm³/mol. The first-order valence-electron chi connectivity index (χ1n) is 6.82. The molecular formula is C14H18ClN3O3. The normalized spacial score (nSPS) is 16.2. The van der Waals surface area contributed by atoms with Crippen molar-refractivity contribution in [3.8, 4) is 0 Å². The second-order valence-corrected chi connectivity index (χ2v) is 5.33. The van der Waals surface area contributed by atoms with Crippen molar-refractivity contribution in [2.24, 2.45) is 0 Å². The number of amides is 1. The highest BCUT2D eigenvalue weighted by Gasteiger charge is 2.14. The van der Waals surface area contributed by atoms with Gasteiger partial charge in [0.05, 0.1) is 17.1 Å². The van der Waals surface area contributed by atoms with E-state index in [1.54, 1.807) is 6.07 Å². The number of halogens is 1. The highest BCUT2D eigenvalue weighted by molar-refractivity contribution is 6.33. The van der Waals surface area contributed by atoms with Crippen LogP contribution in [0.2, 0.25) is 5.02 Å². The molecule has 1 saturated heterocycles. The van der Waals surface area contributed by atoms with Crippen LogP contribution in [-0.2, 0) is 4.79 Å². The molecule has 6 nitrogen and oxygen atoms in total. The van der Waals surface area contributed by atoms with Crippen molar-refractivity contribution in [2.75, 3.05) is 38.0 Å². The van der Waals surface area contributed by atoms with Gasteiger partial charge in [-0.25, -0.2) is 4.79 Å². The molecule has 1 amide bonds. The zero-order valence-corrected chi connectivity index (χ0v) is 12.3. The average molecular weight is 312 g/mol. The van der Waals surface area contributed by atoms with E-state index in [0.29, 0.717) is 12.2 Å². The molecule has 1 aliphatic heterocycles. The van der Waals surface area contributed by atoms with Crippen LogP contribution >= 0.6 is 11.6 Å². The van der Waals surface area contributed by atoms with Gasteiger partial charge in [-0.3, -0.25) is 9.69 Å². The van der Waals surface area contributed by atoms with E-state index >= 15 is 0 Å². The molecule has 0 atom stereocenters. The summed E-state index contributed by atoms with van der Waals surface area (Å²) in [4.78, 5) is 25.1. The van der Waals surface area contributed by atoms with Crippen molar-refractivity contribution in [1.29, 1.82) is 0 Å². The fraction of sp³-hybridized carbons (Fsp3) is 0.429. The quantitative estimate of drug-likeness (QED) is 0.780. The Morgan fingerprint density at radius 2 is 2.14 bits per heavy atom. The van der Waals surface area contributed by atoms with Gasteiger partial charge in [0.15, 0.2) is 0 Å². The number of nitrogens with zero attached hydrogens (tertiary/aromatic N) is 1. The highest BCUT2D eigenvalue weighted by Crippen LogP contribution is 2.20. The van der Waals surface area contributed by atoms with Crippen molar-refractivity contribution in [1.82, 2.24) is 10.2 Å². The number of hydrogen-bond acceptors (Lipinski definition) is 4. The van der Waals surface area contributed by atoms with Crippen LogP contribution in [0, 0.1) is 0 Å². The van der Waals surface area contributed by atoms with Crippen molar-refractivity contribution >= 4 is 29.2 Å². The van der Waals surface area contributed by atoms with Crippen molar-refractivity contribution in [3.63, 3.8) is 0 Å². The number of carboxylic acids is 1. The lowest BCUT2D eigenvalue weighted by Crippen LogP contribution is -2.35. The van der Waals surface area contributed by atoms with Crippen molar-refractivity contribution < 1.29 is 14.7 Å². The number of carbonyl (C=O) groups excluding carboxylic acids is 1.